The first-order chi connectivity index (χ1) is 8.79. The number of nitrogens with zero attached hydrogens (tertiary/aromatic N) is 2. The Kier molecular flexibility index (Phi) is 4.60. The van der Waals surface area contributed by atoms with E-state index >= 15 is 0 Å². The number of benzene rings is 1. The van der Waals surface area contributed by atoms with Crippen molar-refractivity contribution in [1.82, 2.24) is 4.90 Å². The van der Waals surface area contributed by atoms with E-state index in [-0.39, 0.29) is 0 Å². The smallest absolute Gasteiger partial charge is 0.101 e. The molecule has 0 aliphatic carbocycles. The van der Waals surface area contributed by atoms with Crippen molar-refractivity contribution in [3.05, 3.63) is 29.8 Å². The summed E-state index contributed by atoms with van der Waals surface area (Å²) in [4.78, 5) is 2.51. The van der Waals surface area contributed by atoms with Gasteiger partial charge in [-0.05, 0) is 45.0 Å². The summed E-state index contributed by atoms with van der Waals surface area (Å²) >= 11 is 0. The fraction of sp³-hybridized carbons (Fsp3) is 0.533. The molecule has 1 N–H and O–H groups in total. The van der Waals surface area contributed by atoms with Gasteiger partial charge in [0.2, 0.25) is 0 Å². The van der Waals surface area contributed by atoms with Gasteiger partial charge in [-0.25, -0.2) is 0 Å². The first kappa shape index (κ1) is 12.9. The maximum Gasteiger partial charge on any atom is 0.101 e. The van der Waals surface area contributed by atoms with Crippen molar-refractivity contribution in [3.8, 4) is 6.07 Å². The van der Waals surface area contributed by atoms with Crippen molar-refractivity contribution in [1.29, 1.82) is 5.26 Å². The molecule has 0 spiro atoms. The second-order valence-corrected chi connectivity index (χ2v) is 5.06. The van der Waals surface area contributed by atoms with E-state index in [0.717, 1.165) is 17.8 Å². The van der Waals surface area contributed by atoms with Gasteiger partial charge < -0.3 is 10.2 Å². The van der Waals surface area contributed by atoms with Crippen LogP contribution in [0, 0.1) is 11.3 Å². The summed E-state index contributed by atoms with van der Waals surface area (Å²) < 4.78 is 0. The van der Waals surface area contributed by atoms with Gasteiger partial charge in [0.1, 0.15) is 6.07 Å². The van der Waals surface area contributed by atoms with Crippen LogP contribution in [0.4, 0.5) is 5.69 Å². The number of hydrogen-bond acceptors (Lipinski definition) is 3. The minimum Gasteiger partial charge on any atom is -0.380 e. The van der Waals surface area contributed by atoms with Gasteiger partial charge in [-0.3, -0.25) is 0 Å². The number of nitriles is 1. The van der Waals surface area contributed by atoms with Gasteiger partial charge in [0, 0.05) is 12.6 Å². The van der Waals surface area contributed by atoms with Crippen molar-refractivity contribution in [2.24, 2.45) is 0 Å². The van der Waals surface area contributed by atoms with Crippen LogP contribution in [0.3, 0.4) is 0 Å². The summed E-state index contributed by atoms with van der Waals surface area (Å²) in [5, 5.41) is 12.5. The molecule has 1 saturated heterocycles. The highest BCUT2D eigenvalue weighted by molar-refractivity contribution is 5.57. The van der Waals surface area contributed by atoms with Gasteiger partial charge in [0.25, 0.3) is 0 Å². The second-order valence-electron chi connectivity index (χ2n) is 5.06. The topological polar surface area (TPSA) is 39.1 Å². The molecule has 96 valence electrons. The predicted octanol–water partition coefficient (Wildman–Crippen LogP) is 2.84. The molecule has 0 radical (unpaired) electrons. The van der Waals surface area contributed by atoms with Crippen molar-refractivity contribution in [2.75, 3.05) is 25.0 Å². The van der Waals surface area contributed by atoms with Gasteiger partial charge in [-0.15, -0.1) is 0 Å². The lowest BCUT2D eigenvalue weighted by Gasteiger charge is -2.29. The molecule has 0 saturated carbocycles. The summed E-state index contributed by atoms with van der Waals surface area (Å²) in [6.45, 7) is 5.67. The largest absolute Gasteiger partial charge is 0.380 e. The average Bonchev–Trinajstić information content (AvgIpc) is 2.40. The third kappa shape index (κ3) is 3.48. The number of hydrogen-bond donors (Lipinski definition) is 1. The molecule has 1 aromatic carbocycles. The lowest BCUT2D eigenvalue weighted by molar-refractivity contribution is 0.223. The fourth-order valence-corrected chi connectivity index (χ4v) is 2.55. The average molecular weight is 243 g/mol. The molecular formula is C15H21N3. The molecule has 2 rings (SSSR count). The summed E-state index contributed by atoms with van der Waals surface area (Å²) in [5.74, 6) is 0. The van der Waals surface area contributed by atoms with Crippen LogP contribution in [0.1, 0.15) is 31.7 Å². The van der Waals surface area contributed by atoms with Gasteiger partial charge in [0.15, 0.2) is 0 Å². The van der Waals surface area contributed by atoms with E-state index < -0.39 is 0 Å². The van der Waals surface area contributed by atoms with Gasteiger partial charge in [-0.2, -0.15) is 5.26 Å². The van der Waals surface area contributed by atoms with E-state index in [1.807, 2.05) is 24.3 Å². The SMILES string of the molecule is CC(CN1CCCCC1)Nc1ccccc1C#N. The Labute approximate surface area is 109 Å². The minimum atomic E-state index is 0.373. The lowest BCUT2D eigenvalue weighted by atomic mass is 10.1. The van der Waals surface area contributed by atoms with E-state index in [9.17, 15) is 0 Å². The summed E-state index contributed by atoms with van der Waals surface area (Å²) in [5.41, 5.74) is 1.67. The number of piperidine rings is 1. The highest BCUT2D eigenvalue weighted by atomic mass is 15.1. The maximum atomic E-state index is 9.05. The van der Waals surface area contributed by atoms with Crippen LogP contribution in [0.15, 0.2) is 24.3 Å². The number of anilines is 1. The zero-order valence-electron chi connectivity index (χ0n) is 11.0. The van der Waals surface area contributed by atoms with Crippen molar-refractivity contribution in [3.63, 3.8) is 0 Å². The van der Waals surface area contributed by atoms with Crippen molar-refractivity contribution in [2.45, 2.75) is 32.2 Å². The third-order valence-corrected chi connectivity index (χ3v) is 3.43. The molecule has 0 amide bonds. The normalized spacial score (nSPS) is 18.0. The Hall–Kier alpha value is -1.53. The molecule has 1 aromatic rings. The molecule has 18 heavy (non-hydrogen) atoms. The Balaban J connectivity index is 1.90. The van der Waals surface area contributed by atoms with Crippen LogP contribution in [-0.4, -0.2) is 30.6 Å². The highest BCUT2D eigenvalue weighted by Gasteiger charge is 2.13. The zero-order chi connectivity index (χ0) is 12.8. The Bertz CT molecular complexity index is 416. The first-order valence-electron chi connectivity index (χ1n) is 6.77. The van der Waals surface area contributed by atoms with Crippen molar-refractivity contribution < 1.29 is 0 Å². The Morgan fingerprint density at radius 2 is 2.00 bits per heavy atom. The Morgan fingerprint density at radius 3 is 2.72 bits per heavy atom. The summed E-state index contributed by atoms with van der Waals surface area (Å²) in [7, 11) is 0. The molecule has 1 aliphatic rings. The highest BCUT2D eigenvalue weighted by Crippen LogP contribution is 2.16. The van der Waals surface area contributed by atoms with Crippen LogP contribution in [0.25, 0.3) is 0 Å². The summed E-state index contributed by atoms with van der Waals surface area (Å²) in [6, 6.07) is 10.3. The summed E-state index contributed by atoms with van der Waals surface area (Å²) in [6.07, 6.45) is 4.01. The van der Waals surface area contributed by atoms with Crippen LogP contribution < -0.4 is 5.32 Å². The van der Waals surface area contributed by atoms with Crippen LogP contribution in [-0.2, 0) is 0 Å². The molecule has 1 unspecified atom stereocenters. The molecule has 1 fully saturated rings. The van der Waals surface area contributed by atoms with E-state index in [4.69, 9.17) is 5.26 Å². The molecule has 1 atom stereocenters. The Morgan fingerprint density at radius 1 is 1.28 bits per heavy atom. The first-order valence-corrected chi connectivity index (χ1v) is 6.77. The minimum absolute atomic E-state index is 0.373. The van der Waals surface area contributed by atoms with Crippen molar-refractivity contribution >= 4 is 5.69 Å². The van der Waals surface area contributed by atoms with E-state index in [0.29, 0.717) is 6.04 Å². The van der Waals surface area contributed by atoms with Crippen LogP contribution in [0.5, 0.6) is 0 Å². The number of nitrogens with one attached hydrogen (secondary N) is 1. The van der Waals surface area contributed by atoms with E-state index in [1.165, 1.54) is 32.4 Å². The monoisotopic (exact) mass is 243 g/mol. The molecule has 3 heteroatoms. The predicted molar refractivity (Wildman–Crippen MR) is 74.5 cm³/mol. The quantitative estimate of drug-likeness (QED) is 0.883. The van der Waals surface area contributed by atoms with Gasteiger partial charge in [0.05, 0.1) is 11.3 Å². The molecule has 3 nitrogen and oxygen atoms in total. The molecule has 0 aromatic heterocycles. The van der Waals surface area contributed by atoms with Crippen LogP contribution in [0.2, 0.25) is 0 Å². The fourth-order valence-electron chi connectivity index (χ4n) is 2.55. The van der Waals surface area contributed by atoms with E-state index in [1.54, 1.807) is 0 Å². The zero-order valence-corrected chi connectivity index (χ0v) is 11.0. The lowest BCUT2D eigenvalue weighted by Crippen LogP contribution is -2.38. The number of rotatable bonds is 4. The van der Waals surface area contributed by atoms with E-state index in [2.05, 4.69) is 23.2 Å². The second kappa shape index (κ2) is 6.42. The number of para-hydroxylation sites is 1. The molecular weight excluding hydrogens is 222 g/mol. The third-order valence-electron chi connectivity index (χ3n) is 3.43. The van der Waals surface area contributed by atoms with Gasteiger partial charge >= 0.3 is 0 Å². The molecule has 1 aliphatic heterocycles. The number of likely N-dealkylation sites (tertiary alicyclic amines) is 1. The molecule has 1 heterocycles. The maximum absolute atomic E-state index is 9.05. The standard InChI is InChI=1S/C15H21N3/c1-13(12-18-9-5-2-6-10-18)17-15-8-4-3-7-14(15)11-16/h3-4,7-8,13,17H,2,5-6,9-10,12H2,1H3. The molecule has 0 bridgehead atoms. The van der Waals surface area contributed by atoms with Crippen LogP contribution >= 0.6 is 0 Å². The van der Waals surface area contributed by atoms with Gasteiger partial charge in [-0.1, -0.05) is 18.6 Å².